The molecule has 0 atom stereocenters. The lowest BCUT2D eigenvalue weighted by molar-refractivity contribution is 0.731. The Kier molecular flexibility index (Phi) is 4.08. The van der Waals surface area contributed by atoms with Crippen molar-refractivity contribution in [1.82, 2.24) is 0 Å². The minimum absolute atomic E-state index is 0.638. The molecule has 16 heavy (non-hydrogen) atoms. The van der Waals surface area contributed by atoms with Gasteiger partial charge in [-0.05, 0) is 31.0 Å². The van der Waals surface area contributed by atoms with Crippen LogP contribution in [0.2, 0.25) is 10.0 Å². The predicted octanol–water partition coefficient (Wildman–Crippen LogP) is 4.38. The van der Waals surface area contributed by atoms with Crippen molar-refractivity contribution in [3.63, 3.8) is 0 Å². The number of hydrogen-bond donors (Lipinski definition) is 1. The predicted molar refractivity (Wildman–Crippen MR) is 70.9 cm³/mol. The van der Waals surface area contributed by atoms with E-state index in [1.807, 2.05) is 12.1 Å². The summed E-state index contributed by atoms with van der Waals surface area (Å²) in [5.74, 6) is 1.03. The van der Waals surface area contributed by atoms with Crippen LogP contribution in [0.15, 0.2) is 23.2 Å². The average Bonchev–Trinajstić information content (AvgIpc) is 2.51. The summed E-state index contributed by atoms with van der Waals surface area (Å²) in [6.45, 7) is 0.910. The average molecular weight is 257 g/mol. The number of rotatable bonds is 1. The van der Waals surface area contributed by atoms with E-state index in [-0.39, 0.29) is 0 Å². The quantitative estimate of drug-likeness (QED) is 0.793. The van der Waals surface area contributed by atoms with Gasteiger partial charge in [0.25, 0.3) is 0 Å². The number of benzene rings is 1. The number of aliphatic imine (C=N–C) groups is 1. The highest BCUT2D eigenvalue weighted by molar-refractivity contribution is 6.36. The fourth-order valence-corrected chi connectivity index (χ4v) is 2.18. The zero-order valence-corrected chi connectivity index (χ0v) is 10.5. The third-order valence-electron chi connectivity index (χ3n) is 2.58. The van der Waals surface area contributed by atoms with Gasteiger partial charge in [-0.25, -0.2) is 0 Å². The summed E-state index contributed by atoms with van der Waals surface area (Å²) >= 11 is 11.9. The highest BCUT2D eigenvalue weighted by atomic mass is 35.5. The molecule has 4 heteroatoms. The standard InChI is InChI=1S/C12H14Cl2N2/c13-9-5-6-11(10(14)8-9)16-12-4-2-1-3-7-15-12/h5-6,8H,1-4,7H2,(H,15,16). The van der Waals surface area contributed by atoms with E-state index < -0.39 is 0 Å². The SMILES string of the molecule is Clc1ccc(NC2=NCCCCC2)c(Cl)c1. The van der Waals surface area contributed by atoms with E-state index in [2.05, 4.69) is 10.3 Å². The maximum Gasteiger partial charge on any atom is 0.101 e. The minimum atomic E-state index is 0.638. The summed E-state index contributed by atoms with van der Waals surface area (Å²) < 4.78 is 0. The summed E-state index contributed by atoms with van der Waals surface area (Å²) in [4.78, 5) is 4.50. The number of nitrogens with zero attached hydrogens (tertiary/aromatic N) is 1. The number of halogens is 2. The first kappa shape index (κ1) is 11.7. The molecule has 2 rings (SSSR count). The molecule has 0 aromatic heterocycles. The van der Waals surface area contributed by atoms with Gasteiger partial charge < -0.3 is 5.32 Å². The van der Waals surface area contributed by atoms with Gasteiger partial charge >= 0.3 is 0 Å². The first-order chi connectivity index (χ1) is 7.75. The topological polar surface area (TPSA) is 24.4 Å². The molecule has 0 bridgehead atoms. The lowest BCUT2D eigenvalue weighted by Gasteiger charge is -2.10. The molecule has 1 aromatic rings. The van der Waals surface area contributed by atoms with E-state index in [1.165, 1.54) is 19.3 Å². The van der Waals surface area contributed by atoms with Crippen molar-refractivity contribution < 1.29 is 0 Å². The lowest BCUT2D eigenvalue weighted by Crippen LogP contribution is -2.11. The summed E-state index contributed by atoms with van der Waals surface area (Å²) in [6, 6.07) is 5.45. The third-order valence-corrected chi connectivity index (χ3v) is 3.13. The first-order valence-electron chi connectivity index (χ1n) is 5.51. The van der Waals surface area contributed by atoms with Gasteiger partial charge in [0.15, 0.2) is 0 Å². The van der Waals surface area contributed by atoms with E-state index in [1.54, 1.807) is 6.07 Å². The molecule has 1 aromatic carbocycles. The maximum absolute atomic E-state index is 6.09. The van der Waals surface area contributed by atoms with Gasteiger partial charge in [0.05, 0.1) is 10.7 Å². The molecule has 2 nitrogen and oxygen atoms in total. The Morgan fingerprint density at radius 3 is 2.81 bits per heavy atom. The van der Waals surface area contributed by atoms with Crippen LogP contribution < -0.4 is 5.32 Å². The molecule has 1 heterocycles. The molecule has 1 aliphatic rings. The molecule has 1 N–H and O–H groups in total. The van der Waals surface area contributed by atoms with Crippen LogP contribution in [0, 0.1) is 0 Å². The van der Waals surface area contributed by atoms with E-state index in [0.29, 0.717) is 10.0 Å². The second-order valence-electron chi connectivity index (χ2n) is 3.89. The van der Waals surface area contributed by atoms with Crippen molar-refractivity contribution in [2.45, 2.75) is 25.7 Å². The Hall–Kier alpha value is -0.730. The van der Waals surface area contributed by atoms with Gasteiger partial charge in [0.1, 0.15) is 5.84 Å². The molecule has 0 aliphatic carbocycles. The smallest absolute Gasteiger partial charge is 0.101 e. The first-order valence-corrected chi connectivity index (χ1v) is 6.27. The molecule has 1 aliphatic heterocycles. The van der Waals surface area contributed by atoms with Gasteiger partial charge in [-0.1, -0.05) is 29.6 Å². The van der Waals surface area contributed by atoms with Crippen LogP contribution in [0.25, 0.3) is 0 Å². The van der Waals surface area contributed by atoms with Crippen molar-refractivity contribution in [3.05, 3.63) is 28.2 Å². The second-order valence-corrected chi connectivity index (χ2v) is 4.73. The highest BCUT2D eigenvalue weighted by Gasteiger charge is 2.07. The Bertz CT molecular complexity index is 402. The Labute approximate surface area is 106 Å². The largest absolute Gasteiger partial charge is 0.343 e. The summed E-state index contributed by atoms with van der Waals surface area (Å²) in [7, 11) is 0. The number of nitrogens with one attached hydrogen (secondary N) is 1. The molecule has 86 valence electrons. The molecular formula is C12H14Cl2N2. The van der Waals surface area contributed by atoms with E-state index >= 15 is 0 Å². The van der Waals surface area contributed by atoms with Gasteiger partial charge in [-0.3, -0.25) is 4.99 Å². The van der Waals surface area contributed by atoms with Crippen molar-refractivity contribution >= 4 is 34.7 Å². The number of hydrogen-bond acceptors (Lipinski definition) is 2. The molecule has 0 fully saturated rings. The van der Waals surface area contributed by atoms with Crippen molar-refractivity contribution in [3.8, 4) is 0 Å². The van der Waals surface area contributed by atoms with Crippen LogP contribution in [0.5, 0.6) is 0 Å². The van der Waals surface area contributed by atoms with E-state index in [9.17, 15) is 0 Å². The fourth-order valence-electron chi connectivity index (χ4n) is 1.72. The molecular weight excluding hydrogens is 243 g/mol. The van der Waals surface area contributed by atoms with Crippen LogP contribution in [0.3, 0.4) is 0 Å². The summed E-state index contributed by atoms with van der Waals surface area (Å²) in [5, 5.41) is 4.57. The van der Waals surface area contributed by atoms with Crippen LogP contribution in [0.1, 0.15) is 25.7 Å². The Morgan fingerprint density at radius 2 is 2.00 bits per heavy atom. The van der Waals surface area contributed by atoms with Crippen LogP contribution in [0.4, 0.5) is 5.69 Å². The van der Waals surface area contributed by atoms with Crippen LogP contribution in [-0.2, 0) is 0 Å². The van der Waals surface area contributed by atoms with Crippen molar-refractivity contribution in [2.75, 3.05) is 11.9 Å². The Balaban J connectivity index is 2.10. The van der Waals surface area contributed by atoms with Crippen molar-refractivity contribution in [1.29, 1.82) is 0 Å². The molecule has 0 saturated heterocycles. The van der Waals surface area contributed by atoms with E-state index in [4.69, 9.17) is 23.2 Å². The monoisotopic (exact) mass is 256 g/mol. The maximum atomic E-state index is 6.09. The van der Waals surface area contributed by atoms with Crippen LogP contribution in [-0.4, -0.2) is 12.4 Å². The normalized spacial score (nSPS) is 16.5. The van der Waals surface area contributed by atoms with Gasteiger partial charge in [0.2, 0.25) is 0 Å². The van der Waals surface area contributed by atoms with Gasteiger partial charge in [-0.2, -0.15) is 0 Å². The van der Waals surface area contributed by atoms with Crippen molar-refractivity contribution in [2.24, 2.45) is 4.99 Å². The second kappa shape index (κ2) is 5.55. The zero-order chi connectivity index (χ0) is 11.4. The van der Waals surface area contributed by atoms with Gasteiger partial charge in [0, 0.05) is 18.0 Å². The molecule has 0 radical (unpaired) electrons. The highest BCUT2D eigenvalue weighted by Crippen LogP contribution is 2.26. The lowest BCUT2D eigenvalue weighted by atomic mass is 10.2. The van der Waals surface area contributed by atoms with Gasteiger partial charge in [-0.15, -0.1) is 0 Å². The fraction of sp³-hybridized carbons (Fsp3) is 0.417. The molecule has 0 amide bonds. The summed E-state index contributed by atoms with van der Waals surface area (Å²) in [5.41, 5.74) is 0.881. The number of amidine groups is 1. The molecule has 0 spiro atoms. The zero-order valence-electron chi connectivity index (χ0n) is 8.97. The Morgan fingerprint density at radius 1 is 1.12 bits per heavy atom. The number of anilines is 1. The van der Waals surface area contributed by atoms with E-state index in [0.717, 1.165) is 24.5 Å². The minimum Gasteiger partial charge on any atom is -0.343 e. The summed E-state index contributed by atoms with van der Waals surface area (Å²) in [6.07, 6.45) is 4.62. The third kappa shape index (κ3) is 3.13. The molecule has 0 saturated carbocycles. The molecule has 0 unspecified atom stereocenters. The van der Waals surface area contributed by atoms with Crippen LogP contribution >= 0.6 is 23.2 Å².